The predicted molar refractivity (Wildman–Crippen MR) is 73.3 cm³/mol. The first kappa shape index (κ1) is 15.2. The molecule has 1 amide bonds. The molecule has 0 atom stereocenters. The van der Waals surface area contributed by atoms with E-state index in [1.165, 1.54) is 6.08 Å². The molecule has 0 aromatic carbocycles. The quantitative estimate of drug-likeness (QED) is 0.833. The highest BCUT2D eigenvalue weighted by Gasteiger charge is 2.18. The Morgan fingerprint density at radius 1 is 1.47 bits per heavy atom. The van der Waals surface area contributed by atoms with Gasteiger partial charge in [-0.15, -0.1) is 11.3 Å². The van der Waals surface area contributed by atoms with Crippen LogP contribution in [0, 0.1) is 0 Å². The summed E-state index contributed by atoms with van der Waals surface area (Å²) in [5.74, 6) is -1.06. The molecule has 0 aliphatic rings. The number of nitrogens with zero attached hydrogens (tertiary/aromatic N) is 1. The number of thiazole rings is 1. The third-order valence-corrected chi connectivity index (χ3v) is 2.66. The molecule has 2 N–H and O–H groups in total. The number of carboxylic acid groups (broad SMARTS) is 1. The molecule has 1 rings (SSSR count). The van der Waals surface area contributed by atoms with Crippen molar-refractivity contribution in [1.29, 1.82) is 0 Å². The summed E-state index contributed by atoms with van der Waals surface area (Å²) < 4.78 is 5.07. The molecule has 104 valence electrons. The van der Waals surface area contributed by atoms with Gasteiger partial charge < -0.3 is 9.84 Å². The Bertz CT molecular complexity index is 514. The zero-order valence-corrected chi connectivity index (χ0v) is 12.0. The van der Waals surface area contributed by atoms with Gasteiger partial charge in [-0.05, 0) is 27.7 Å². The second-order valence-corrected chi connectivity index (χ2v) is 5.53. The van der Waals surface area contributed by atoms with Crippen molar-refractivity contribution in [2.75, 3.05) is 5.32 Å². The number of rotatable bonds is 3. The van der Waals surface area contributed by atoms with E-state index in [0.717, 1.165) is 11.3 Å². The lowest BCUT2D eigenvalue weighted by Crippen LogP contribution is -2.27. The number of allylic oxidation sites excluding steroid dienone is 1. The smallest absolute Gasteiger partial charge is 0.413 e. The minimum Gasteiger partial charge on any atom is -0.478 e. The maximum atomic E-state index is 11.5. The predicted octanol–water partition coefficient (Wildman–Crippen LogP) is 2.98. The van der Waals surface area contributed by atoms with Gasteiger partial charge >= 0.3 is 12.1 Å². The number of anilines is 1. The fraction of sp³-hybridized carbons (Fsp3) is 0.417. The Hall–Kier alpha value is -1.89. The largest absolute Gasteiger partial charge is 0.478 e. The number of hydrogen-bond acceptors (Lipinski definition) is 5. The number of ether oxygens (including phenoxy) is 1. The van der Waals surface area contributed by atoms with E-state index < -0.39 is 17.7 Å². The molecule has 0 bridgehead atoms. The number of carboxylic acids is 1. The van der Waals surface area contributed by atoms with Crippen molar-refractivity contribution in [3.8, 4) is 0 Å². The van der Waals surface area contributed by atoms with Crippen LogP contribution in [0.15, 0.2) is 11.5 Å². The summed E-state index contributed by atoms with van der Waals surface area (Å²) in [6, 6.07) is 0. The standard InChI is InChI=1S/C12H16N2O4S/c1-5-7(9(15)16)8-6-19-10(13-8)14-11(17)18-12(2,3)4/h5-6H,1-4H3,(H,15,16)(H,13,14,17). The number of carbonyl (C=O) groups is 2. The van der Waals surface area contributed by atoms with Crippen LogP contribution in [0.1, 0.15) is 33.4 Å². The van der Waals surface area contributed by atoms with Gasteiger partial charge in [-0.25, -0.2) is 14.6 Å². The lowest BCUT2D eigenvalue weighted by Gasteiger charge is -2.18. The second-order valence-electron chi connectivity index (χ2n) is 4.67. The van der Waals surface area contributed by atoms with Crippen LogP contribution in [0.3, 0.4) is 0 Å². The normalized spacial score (nSPS) is 12.1. The summed E-state index contributed by atoms with van der Waals surface area (Å²) in [5.41, 5.74) is -0.195. The van der Waals surface area contributed by atoms with Gasteiger partial charge in [0.2, 0.25) is 0 Å². The summed E-state index contributed by atoms with van der Waals surface area (Å²) in [5, 5.41) is 13.3. The van der Waals surface area contributed by atoms with Crippen LogP contribution in [0.2, 0.25) is 0 Å². The molecule has 19 heavy (non-hydrogen) atoms. The lowest BCUT2D eigenvalue weighted by atomic mass is 10.2. The molecule has 0 saturated carbocycles. The first-order chi connectivity index (χ1) is 8.73. The van der Waals surface area contributed by atoms with E-state index in [1.807, 2.05) is 0 Å². The van der Waals surface area contributed by atoms with Crippen molar-refractivity contribution in [3.05, 3.63) is 17.2 Å². The second kappa shape index (κ2) is 5.83. The zero-order chi connectivity index (χ0) is 14.6. The van der Waals surface area contributed by atoms with Gasteiger partial charge in [0.1, 0.15) is 5.60 Å². The summed E-state index contributed by atoms with van der Waals surface area (Å²) >= 11 is 1.14. The number of carbonyl (C=O) groups excluding carboxylic acids is 1. The van der Waals surface area contributed by atoms with E-state index in [-0.39, 0.29) is 5.57 Å². The van der Waals surface area contributed by atoms with Gasteiger partial charge in [0.15, 0.2) is 5.13 Å². The zero-order valence-electron chi connectivity index (χ0n) is 11.2. The van der Waals surface area contributed by atoms with Crippen molar-refractivity contribution in [2.24, 2.45) is 0 Å². The Balaban J connectivity index is 2.76. The van der Waals surface area contributed by atoms with E-state index in [4.69, 9.17) is 9.84 Å². The van der Waals surface area contributed by atoms with Crippen molar-refractivity contribution in [2.45, 2.75) is 33.3 Å². The van der Waals surface area contributed by atoms with E-state index in [1.54, 1.807) is 33.1 Å². The average molecular weight is 284 g/mol. The number of aromatic nitrogens is 1. The summed E-state index contributed by atoms with van der Waals surface area (Å²) in [7, 11) is 0. The van der Waals surface area contributed by atoms with Crippen LogP contribution in [-0.2, 0) is 9.53 Å². The summed E-state index contributed by atoms with van der Waals surface area (Å²) in [6.45, 7) is 6.87. The van der Waals surface area contributed by atoms with Crippen molar-refractivity contribution >= 4 is 34.1 Å². The molecule has 0 saturated heterocycles. The van der Waals surface area contributed by atoms with E-state index >= 15 is 0 Å². The maximum Gasteiger partial charge on any atom is 0.413 e. The van der Waals surface area contributed by atoms with Crippen molar-refractivity contribution in [1.82, 2.24) is 4.98 Å². The van der Waals surface area contributed by atoms with Crippen LogP contribution in [-0.4, -0.2) is 27.8 Å². The highest BCUT2D eigenvalue weighted by atomic mass is 32.1. The Kier molecular flexibility index (Phi) is 4.66. The first-order valence-corrected chi connectivity index (χ1v) is 6.46. The van der Waals surface area contributed by atoms with Crippen molar-refractivity contribution < 1.29 is 19.4 Å². The van der Waals surface area contributed by atoms with Gasteiger partial charge in [-0.1, -0.05) is 6.08 Å². The van der Waals surface area contributed by atoms with Gasteiger partial charge in [0, 0.05) is 5.38 Å². The molecule has 0 fully saturated rings. The molecule has 0 aliphatic carbocycles. The van der Waals surface area contributed by atoms with Crippen LogP contribution in [0.5, 0.6) is 0 Å². The van der Waals surface area contributed by atoms with Crippen LogP contribution >= 0.6 is 11.3 Å². The maximum absolute atomic E-state index is 11.5. The Labute approximate surface area is 115 Å². The monoisotopic (exact) mass is 284 g/mol. The highest BCUT2D eigenvalue weighted by molar-refractivity contribution is 7.14. The molecule has 6 nitrogen and oxygen atoms in total. The van der Waals surface area contributed by atoms with E-state index in [2.05, 4.69) is 10.3 Å². The molecule has 1 heterocycles. The van der Waals surface area contributed by atoms with Crippen LogP contribution < -0.4 is 5.32 Å². The van der Waals surface area contributed by atoms with E-state index in [0.29, 0.717) is 10.8 Å². The first-order valence-electron chi connectivity index (χ1n) is 5.58. The lowest BCUT2D eigenvalue weighted by molar-refractivity contribution is -0.130. The molecule has 0 unspecified atom stereocenters. The van der Waals surface area contributed by atoms with Gasteiger partial charge in [-0.2, -0.15) is 0 Å². The fourth-order valence-electron chi connectivity index (χ4n) is 1.23. The van der Waals surface area contributed by atoms with Crippen LogP contribution in [0.25, 0.3) is 5.57 Å². The average Bonchev–Trinajstić information content (AvgIpc) is 2.63. The molecule has 0 radical (unpaired) electrons. The Morgan fingerprint density at radius 3 is 2.58 bits per heavy atom. The third kappa shape index (κ3) is 4.70. The van der Waals surface area contributed by atoms with Crippen molar-refractivity contribution in [3.63, 3.8) is 0 Å². The third-order valence-electron chi connectivity index (χ3n) is 1.91. The molecule has 0 aliphatic heterocycles. The minimum atomic E-state index is -1.06. The van der Waals surface area contributed by atoms with Gasteiger partial charge in [-0.3, -0.25) is 5.32 Å². The summed E-state index contributed by atoms with van der Waals surface area (Å²) in [4.78, 5) is 26.5. The summed E-state index contributed by atoms with van der Waals surface area (Å²) in [6.07, 6.45) is 0.833. The fourth-order valence-corrected chi connectivity index (χ4v) is 1.92. The molecule has 7 heteroatoms. The topological polar surface area (TPSA) is 88.5 Å². The molecule has 1 aromatic rings. The molecular weight excluding hydrogens is 268 g/mol. The Morgan fingerprint density at radius 2 is 2.11 bits per heavy atom. The number of nitrogens with one attached hydrogen (secondary N) is 1. The number of amides is 1. The molecule has 0 spiro atoms. The van der Waals surface area contributed by atoms with E-state index in [9.17, 15) is 9.59 Å². The molecular formula is C12H16N2O4S. The minimum absolute atomic E-state index is 0.0912. The number of aliphatic carboxylic acids is 1. The van der Waals surface area contributed by atoms with Gasteiger partial charge in [0.25, 0.3) is 0 Å². The highest BCUT2D eigenvalue weighted by Crippen LogP contribution is 2.22. The van der Waals surface area contributed by atoms with Gasteiger partial charge in [0.05, 0.1) is 11.3 Å². The van der Waals surface area contributed by atoms with Crippen LogP contribution in [0.4, 0.5) is 9.93 Å². The molecule has 1 aromatic heterocycles. The SMILES string of the molecule is CC=C(C(=O)O)c1csc(NC(=O)OC(C)(C)C)n1. The number of hydrogen-bond donors (Lipinski definition) is 2.